The number of hydrogen-bond donors (Lipinski definition) is 0. The fourth-order valence-electron chi connectivity index (χ4n) is 5.57. The van der Waals surface area contributed by atoms with Crippen LogP contribution in [0.3, 0.4) is 0 Å². The van der Waals surface area contributed by atoms with Crippen molar-refractivity contribution in [2.24, 2.45) is 7.05 Å². The molecular formula is C35H28FN2O+. The first-order valence-corrected chi connectivity index (χ1v) is 13.0. The summed E-state index contributed by atoms with van der Waals surface area (Å²) >= 11 is 0. The van der Waals surface area contributed by atoms with Gasteiger partial charge in [-0.3, -0.25) is 0 Å². The maximum absolute atomic E-state index is 14.3. The van der Waals surface area contributed by atoms with Gasteiger partial charge in [0.25, 0.3) is 0 Å². The molecule has 6 aromatic rings. The number of benzene rings is 4. The van der Waals surface area contributed by atoms with E-state index in [4.69, 9.17) is 4.42 Å². The fraction of sp³-hybridized carbons (Fsp3) is 0.143. The summed E-state index contributed by atoms with van der Waals surface area (Å²) in [7, 11) is 1.90. The lowest BCUT2D eigenvalue weighted by Crippen LogP contribution is -2.30. The van der Waals surface area contributed by atoms with Crippen molar-refractivity contribution in [2.75, 3.05) is 0 Å². The first-order chi connectivity index (χ1) is 18.8. The van der Waals surface area contributed by atoms with E-state index in [0.29, 0.717) is 16.7 Å². The Morgan fingerprint density at radius 3 is 2.13 bits per heavy atom. The molecule has 0 spiro atoms. The van der Waals surface area contributed by atoms with Crippen LogP contribution in [-0.2, 0) is 12.5 Å². The molecule has 0 unspecified atom stereocenters. The van der Waals surface area contributed by atoms with E-state index < -0.39 is 0 Å². The van der Waals surface area contributed by atoms with Crippen LogP contribution in [0.15, 0.2) is 102 Å². The highest BCUT2D eigenvalue weighted by molar-refractivity contribution is 6.14. The highest BCUT2D eigenvalue weighted by Gasteiger charge is 2.25. The summed E-state index contributed by atoms with van der Waals surface area (Å²) in [5, 5.41) is 11.9. The van der Waals surface area contributed by atoms with Crippen molar-refractivity contribution in [2.45, 2.75) is 26.2 Å². The van der Waals surface area contributed by atoms with Crippen LogP contribution in [0.5, 0.6) is 0 Å². The van der Waals surface area contributed by atoms with Gasteiger partial charge in [0.15, 0.2) is 6.20 Å². The summed E-state index contributed by atoms with van der Waals surface area (Å²) in [5.74, 6) is -0.304. The lowest BCUT2D eigenvalue weighted by Gasteiger charge is -2.26. The molecule has 0 fully saturated rings. The topological polar surface area (TPSA) is 40.8 Å². The number of aryl methyl sites for hydroxylation is 2. The van der Waals surface area contributed by atoms with Gasteiger partial charge < -0.3 is 4.42 Å². The Balaban J connectivity index is 1.57. The van der Waals surface area contributed by atoms with Gasteiger partial charge in [-0.2, -0.15) is 5.26 Å². The third-order valence-corrected chi connectivity index (χ3v) is 7.90. The number of nitrogens with zero attached hydrogens (tertiary/aromatic N) is 2. The minimum Gasteiger partial charge on any atom is -0.454 e. The van der Waals surface area contributed by atoms with E-state index in [-0.39, 0.29) is 11.2 Å². The van der Waals surface area contributed by atoms with Crippen LogP contribution >= 0.6 is 0 Å². The van der Waals surface area contributed by atoms with Crippen LogP contribution in [-0.4, -0.2) is 0 Å². The lowest BCUT2D eigenvalue weighted by molar-refractivity contribution is -0.660. The Bertz CT molecular complexity index is 1910. The van der Waals surface area contributed by atoms with Crippen LogP contribution < -0.4 is 4.57 Å². The minimum atomic E-state index is -0.304. The zero-order valence-corrected chi connectivity index (χ0v) is 22.4. The van der Waals surface area contributed by atoms with Gasteiger partial charge in [0.05, 0.1) is 17.2 Å². The van der Waals surface area contributed by atoms with Crippen LogP contribution in [0.25, 0.3) is 44.3 Å². The van der Waals surface area contributed by atoms with Gasteiger partial charge in [-0.25, -0.2) is 8.96 Å². The predicted molar refractivity (Wildman–Crippen MR) is 154 cm³/mol. The van der Waals surface area contributed by atoms with Crippen molar-refractivity contribution in [3.8, 4) is 28.5 Å². The van der Waals surface area contributed by atoms with E-state index in [1.54, 1.807) is 6.20 Å². The van der Waals surface area contributed by atoms with E-state index in [1.165, 1.54) is 23.3 Å². The summed E-state index contributed by atoms with van der Waals surface area (Å²) in [6.07, 6.45) is 1.71. The maximum Gasteiger partial charge on any atom is 0.219 e. The van der Waals surface area contributed by atoms with E-state index in [1.807, 2.05) is 48.9 Å². The second-order valence-electron chi connectivity index (χ2n) is 10.6. The number of fused-ring (bicyclic) bond motifs is 3. The Morgan fingerprint density at radius 2 is 1.44 bits per heavy atom. The maximum atomic E-state index is 14.3. The Hall–Kier alpha value is -4.75. The Kier molecular flexibility index (Phi) is 5.81. The number of halogens is 1. The molecule has 0 saturated heterocycles. The van der Waals surface area contributed by atoms with Crippen molar-refractivity contribution < 1.29 is 13.4 Å². The molecule has 0 saturated carbocycles. The van der Waals surface area contributed by atoms with Crippen molar-refractivity contribution in [3.63, 3.8) is 0 Å². The molecule has 0 radical (unpaired) electrons. The number of furan rings is 1. The number of pyridine rings is 1. The van der Waals surface area contributed by atoms with Gasteiger partial charge in [0.2, 0.25) is 5.69 Å². The third kappa shape index (κ3) is 3.99. The fourth-order valence-corrected chi connectivity index (χ4v) is 5.57. The van der Waals surface area contributed by atoms with Crippen molar-refractivity contribution >= 4 is 21.9 Å². The van der Waals surface area contributed by atoms with E-state index in [2.05, 4.69) is 68.4 Å². The molecule has 0 aliphatic carbocycles. The number of nitriles is 1. The summed E-state index contributed by atoms with van der Waals surface area (Å²) < 4.78 is 22.8. The van der Waals surface area contributed by atoms with E-state index in [0.717, 1.165) is 38.7 Å². The molecule has 39 heavy (non-hydrogen) atoms. The molecule has 0 aliphatic rings. The standard InChI is InChI=1S/C35H28FN2O/c1-22-10-16-28-29-17-13-24(21-37)32(34(29)39-33(28)31(22)30-20-27(36)18-19-38(30)4)23-11-14-26(15-12-23)35(2,3)25-8-6-5-7-9-25/h5-20H,1-4H3/q+1. The lowest BCUT2D eigenvalue weighted by atomic mass is 9.78. The van der Waals surface area contributed by atoms with Crippen molar-refractivity contribution in [3.05, 3.63) is 125 Å². The molecule has 0 atom stereocenters. The first-order valence-electron chi connectivity index (χ1n) is 13.0. The average molecular weight is 512 g/mol. The zero-order chi connectivity index (χ0) is 27.3. The van der Waals surface area contributed by atoms with Gasteiger partial charge in [0.1, 0.15) is 24.0 Å². The van der Waals surface area contributed by atoms with Crippen LogP contribution in [0, 0.1) is 24.1 Å². The molecule has 2 heterocycles. The molecule has 0 bridgehead atoms. The molecule has 4 heteroatoms. The molecule has 3 nitrogen and oxygen atoms in total. The summed E-state index contributed by atoms with van der Waals surface area (Å²) in [6.45, 7) is 6.43. The molecule has 0 aliphatic heterocycles. The van der Waals surface area contributed by atoms with Crippen LogP contribution in [0.4, 0.5) is 4.39 Å². The Morgan fingerprint density at radius 1 is 0.795 bits per heavy atom. The summed E-state index contributed by atoms with van der Waals surface area (Å²) in [6, 6.07) is 32.1. The monoisotopic (exact) mass is 511 g/mol. The van der Waals surface area contributed by atoms with Gasteiger partial charge in [-0.15, -0.1) is 0 Å². The smallest absolute Gasteiger partial charge is 0.219 e. The van der Waals surface area contributed by atoms with Crippen molar-refractivity contribution in [1.29, 1.82) is 5.26 Å². The van der Waals surface area contributed by atoms with Gasteiger partial charge >= 0.3 is 0 Å². The Labute approximate surface area is 227 Å². The highest BCUT2D eigenvalue weighted by atomic mass is 19.1. The number of hydrogen-bond acceptors (Lipinski definition) is 2. The predicted octanol–water partition coefficient (Wildman–Crippen LogP) is 8.39. The van der Waals surface area contributed by atoms with Crippen LogP contribution in [0.2, 0.25) is 0 Å². The van der Waals surface area contributed by atoms with Gasteiger partial charge in [-0.05, 0) is 41.3 Å². The van der Waals surface area contributed by atoms with Gasteiger partial charge in [0, 0.05) is 33.9 Å². The molecule has 4 aromatic carbocycles. The van der Waals surface area contributed by atoms with E-state index in [9.17, 15) is 9.65 Å². The molecule has 0 amide bonds. The molecular weight excluding hydrogens is 483 g/mol. The second-order valence-corrected chi connectivity index (χ2v) is 10.6. The summed E-state index contributed by atoms with van der Waals surface area (Å²) in [5.41, 5.74) is 8.38. The molecule has 0 N–H and O–H groups in total. The summed E-state index contributed by atoms with van der Waals surface area (Å²) in [4.78, 5) is 0. The van der Waals surface area contributed by atoms with E-state index >= 15 is 0 Å². The number of rotatable bonds is 4. The molecule has 2 aromatic heterocycles. The average Bonchev–Trinajstić information content (AvgIpc) is 3.33. The molecule has 6 rings (SSSR count). The second kappa shape index (κ2) is 9.22. The highest BCUT2D eigenvalue weighted by Crippen LogP contribution is 2.42. The quantitative estimate of drug-likeness (QED) is 0.223. The van der Waals surface area contributed by atoms with Crippen LogP contribution in [0.1, 0.15) is 36.1 Å². The van der Waals surface area contributed by atoms with Gasteiger partial charge in [-0.1, -0.05) is 80.6 Å². The van der Waals surface area contributed by atoms with Crippen molar-refractivity contribution in [1.82, 2.24) is 0 Å². The molecule has 190 valence electrons. The normalized spacial score (nSPS) is 11.7. The SMILES string of the molecule is Cc1ccc2c(oc3c(-c4ccc(C(C)(C)c5ccccc5)cc4)c(C#N)ccc32)c1-c1cc(F)cc[n+]1C. The minimum absolute atomic E-state index is 0.171. The third-order valence-electron chi connectivity index (χ3n) is 7.90. The first kappa shape index (κ1) is 24.6. The zero-order valence-electron chi connectivity index (χ0n) is 22.4. The largest absolute Gasteiger partial charge is 0.454 e. The number of aromatic nitrogens is 1.